The molecule has 3 N–H and O–H groups in total. The summed E-state index contributed by atoms with van der Waals surface area (Å²) in [5.41, 5.74) is 0. The van der Waals surface area contributed by atoms with E-state index in [-0.39, 0.29) is 18.5 Å². The van der Waals surface area contributed by atoms with Crippen molar-refractivity contribution in [2.75, 3.05) is 13.2 Å². The second-order valence-corrected chi connectivity index (χ2v) is 25.6. The van der Waals surface area contributed by atoms with Crippen LogP contribution in [0.25, 0.3) is 0 Å². The van der Waals surface area contributed by atoms with Crippen LogP contribution in [-0.2, 0) is 14.3 Å². The van der Waals surface area contributed by atoms with Gasteiger partial charge in [-0.25, -0.2) is 0 Å². The molecule has 1 amide bonds. The van der Waals surface area contributed by atoms with E-state index in [0.29, 0.717) is 19.4 Å². The molecule has 0 aliphatic carbocycles. The van der Waals surface area contributed by atoms with Crippen molar-refractivity contribution in [2.45, 2.75) is 431 Å². The maximum absolute atomic E-state index is 12.5. The Morgan fingerprint density at radius 2 is 0.580 bits per heavy atom. The van der Waals surface area contributed by atoms with Crippen LogP contribution in [0.15, 0.2) is 24.3 Å². The van der Waals surface area contributed by atoms with Gasteiger partial charge in [-0.15, -0.1) is 0 Å². The average Bonchev–Trinajstić information content (AvgIpc) is 3.47. The molecule has 480 valence electrons. The molecule has 6 heteroatoms. The number of aliphatic hydroxyl groups is 2. The molecule has 0 rings (SSSR count). The summed E-state index contributed by atoms with van der Waals surface area (Å²) in [7, 11) is 0. The number of carbonyl (C=O) groups is 2. The molecule has 6 nitrogen and oxygen atoms in total. The Bertz CT molecular complexity index is 1270. The molecule has 0 aliphatic heterocycles. The van der Waals surface area contributed by atoms with Crippen molar-refractivity contribution in [1.29, 1.82) is 0 Å². The summed E-state index contributed by atoms with van der Waals surface area (Å²) in [5, 5.41) is 23.3. The van der Waals surface area contributed by atoms with Crippen LogP contribution in [0.2, 0.25) is 0 Å². The number of rotatable bonds is 70. The van der Waals surface area contributed by atoms with E-state index in [0.717, 1.165) is 44.9 Å². The zero-order valence-corrected chi connectivity index (χ0v) is 55.0. The predicted molar refractivity (Wildman–Crippen MR) is 356 cm³/mol. The van der Waals surface area contributed by atoms with Gasteiger partial charge in [-0.1, -0.05) is 372 Å². The zero-order valence-electron chi connectivity index (χ0n) is 55.0. The lowest BCUT2D eigenvalue weighted by molar-refractivity contribution is -0.143. The Morgan fingerprint density at radius 3 is 0.901 bits per heavy atom. The minimum absolute atomic E-state index is 0.00975. The fourth-order valence-electron chi connectivity index (χ4n) is 11.8. The van der Waals surface area contributed by atoms with E-state index < -0.39 is 12.1 Å². The van der Waals surface area contributed by atoms with Gasteiger partial charge >= 0.3 is 5.97 Å². The van der Waals surface area contributed by atoms with Crippen LogP contribution in [0.1, 0.15) is 418 Å². The standard InChI is InChI=1S/C75H145NO5/c1-3-5-7-9-11-13-15-17-18-19-20-21-29-32-35-38-41-44-47-51-55-59-63-67-73(78)72(71-77)76-74(79)68-64-60-56-52-48-45-42-39-36-33-30-27-25-23-22-24-26-28-31-34-37-40-43-46-50-54-58-62-66-70-81-75(80)69-65-61-57-53-49-16-14-12-10-8-6-4-2/h12,14,63,67,72-73,77-78H,3-11,13,15-62,64-66,68-71H2,1-2H3,(H,76,79)/b14-12-,67-63+. The van der Waals surface area contributed by atoms with Gasteiger partial charge in [-0.3, -0.25) is 9.59 Å². The van der Waals surface area contributed by atoms with Gasteiger partial charge in [0, 0.05) is 12.8 Å². The van der Waals surface area contributed by atoms with Crippen molar-refractivity contribution in [3.8, 4) is 0 Å². The Morgan fingerprint density at radius 1 is 0.333 bits per heavy atom. The second-order valence-electron chi connectivity index (χ2n) is 25.6. The van der Waals surface area contributed by atoms with Crippen LogP contribution in [0, 0.1) is 0 Å². The third-order valence-corrected chi connectivity index (χ3v) is 17.5. The summed E-state index contributed by atoms with van der Waals surface area (Å²) >= 11 is 0. The summed E-state index contributed by atoms with van der Waals surface area (Å²) in [4.78, 5) is 24.6. The number of hydrogen-bond donors (Lipinski definition) is 3. The number of ether oxygens (including phenoxy) is 1. The number of amides is 1. The van der Waals surface area contributed by atoms with Gasteiger partial charge in [0.25, 0.3) is 0 Å². The van der Waals surface area contributed by atoms with Gasteiger partial charge in [-0.2, -0.15) is 0 Å². The predicted octanol–water partition coefficient (Wildman–Crippen LogP) is 24.1. The summed E-state index contributed by atoms with van der Waals surface area (Å²) in [6.07, 6.45) is 89.9. The number of aliphatic hydroxyl groups excluding tert-OH is 2. The fourth-order valence-corrected chi connectivity index (χ4v) is 11.8. The summed E-state index contributed by atoms with van der Waals surface area (Å²) < 4.78 is 5.48. The Kier molecular flexibility index (Phi) is 69.4. The maximum Gasteiger partial charge on any atom is 0.305 e. The highest BCUT2D eigenvalue weighted by atomic mass is 16.5. The zero-order chi connectivity index (χ0) is 58.5. The smallest absolute Gasteiger partial charge is 0.305 e. The third-order valence-electron chi connectivity index (χ3n) is 17.5. The van der Waals surface area contributed by atoms with Crippen LogP contribution in [0.4, 0.5) is 0 Å². The minimum Gasteiger partial charge on any atom is -0.466 e. The molecule has 81 heavy (non-hydrogen) atoms. The number of carbonyl (C=O) groups excluding carboxylic acids is 2. The number of nitrogens with one attached hydrogen (secondary N) is 1. The van der Waals surface area contributed by atoms with Crippen molar-refractivity contribution >= 4 is 11.9 Å². The largest absolute Gasteiger partial charge is 0.466 e. The van der Waals surface area contributed by atoms with E-state index in [1.165, 1.54) is 347 Å². The number of esters is 1. The quantitative estimate of drug-likeness (QED) is 0.0320. The van der Waals surface area contributed by atoms with Gasteiger partial charge < -0.3 is 20.3 Å². The average molecular weight is 1140 g/mol. The van der Waals surface area contributed by atoms with Gasteiger partial charge in [0.2, 0.25) is 5.91 Å². The summed E-state index contributed by atoms with van der Waals surface area (Å²) in [5.74, 6) is -0.0499. The highest BCUT2D eigenvalue weighted by molar-refractivity contribution is 5.76. The topological polar surface area (TPSA) is 95.9 Å². The molecule has 0 saturated heterocycles. The molecule has 0 aliphatic rings. The molecule has 2 atom stereocenters. The molecular formula is C75H145NO5. The molecule has 0 aromatic carbocycles. The molecular weight excluding hydrogens is 995 g/mol. The lowest BCUT2D eigenvalue weighted by atomic mass is 10.0. The van der Waals surface area contributed by atoms with Crippen LogP contribution < -0.4 is 5.32 Å². The molecule has 0 aromatic heterocycles. The first-order chi connectivity index (χ1) is 40.0. The minimum atomic E-state index is -0.843. The first-order valence-corrected chi connectivity index (χ1v) is 37.1. The molecule has 0 spiro atoms. The van der Waals surface area contributed by atoms with E-state index in [4.69, 9.17) is 4.74 Å². The molecule has 0 saturated carbocycles. The SMILES string of the molecule is CCCCC/C=C\CCCCCCCC(=O)OCCCCCCCCCCCCCCCCCCCCCCCCCCCCCCCC(=O)NC(CO)C(O)/C=C/CCCCCCCCCCCCCCCCCCCCCCC. The normalized spacial score (nSPS) is 12.6. The third kappa shape index (κ3) is 67.3. The van der Waals surface area contributed by atoms with Crippen LogP contribution >= 0.6 is 0 Å². The first kappa shape index (κ1) is 79.3. The van der Waals surface area contributed by atoms with Gasteiger partial charge in [0.05, 0.1) is 25.4 Å². The molecule has 0 heterocycles. The van der Waals surface area contributed by atoms with Gasteiger partial charge in [-0.05, 0) is 57.8 Å². The second kappa shape index (κ2) is 70.8. The van der Waals surface area contributed by atoms with E-state index in [1.807, 2.05) is 6.08 Å². The van der Waals surface area contributed by atoms with Crippen LogP contribution in [-0.4, -0.2) is 47.4 Å². The highest BCUT2D eigenvalue weighted by Crippen LogP contribution is 2.19. The van der Waals surface area contributed by atoms with Crippen molar-refractivity contribution in [3.63, 3.8) is 0 Å². The lowest BCUT2D eigenvalue weighted by Crippen LogP contribution is -2.45. The van der Waals surface area contributed by atoms with Crippen LogP contribution in [0.5, 0.6) is 0 Å². The molecule has 0 fully saturated rings. The summed E-state index contributed by atoms with van der Waals surface area (Å²) in [6.45, 7) is 4.92. The van der Waals surface area contributed by atoms with E-state index in [1.54, 1.807) is 6.08 Å². The molecule has 0 bridgehead atoms. The van der Waals surface area contributed by atoms with E-state index in [9.17, 15) is 19.8 Å². The lowest BCUT2D eigenvalue weighted by Gasteiger charge is -2.20. The van der Waals surface area contributed by atoms with Crippen molar-refractivity contribution in [2.24, 2.45) is 0 Å². The van der Waals surface area contributed by atoms with Gasteiger partial charge in [0.15, 0.2) is 0 Å². The number of allylic oxidation sites excluding steroid dienone is 3. The van der Waals surface area contributed by atoms with Crippen molar-refractivity contribution in [1.82, 2.24) is 5.32 Å². The van der Waals surface area contributed by atoms with Crippen molar-refractivity contribution < 1.29 is 24.5 Å². The number of unbranched alkanes of at least 4 members (excludes halogenated alkanes) is 57. The highest BCUT2D eigenvalue weighted by Gasteiger charge is 2.18. The van der Waals surface area contributed by atoms with Crippen molar-refractivity contribution in [3.05, 3.63) is 24.3 Å². The fraction of sp³-hybridized carbons (Fsp3) is 0.920. The Hall–Kier alpha value is -1.66. The Labute approximate surface area is 507 Å². The van der Waals surface area contributed by atoms with E-state index >= 15 is 0 Å². The molecule has 0 radical (unpaired) electrons. The molecule has 2 unspecified atom stereocenters. The van der Waals surface area contributed by atoms with E-state index in [2.05, 4.69) is 31.3 Å². The maximum atomic E-state index is 12.5. The number of hydrogen-bond acceptors (Lipinski definition) is 5. The van der Waals surface area contributed by atoms with Gasteiger partial charge in [0.1, 0.15) is 0 Å². The first-order valence-electron chi connectivity index (χ1n) is 37.1. The Balaban J connectivity index is 3.37. The monoisotopic (exact) mass is 1140 g/mol. The van der Waals surface area contributed by atoms with Crippen LogP contribution in [0.3, 0.4) is 0 Å². The summed E-state index contributed by atoms with van der Waals surface area (Å²) in [6, 6.07) is -0.626. The molecule has 0 aromatic rings.